The molecule has 0 aromatic rings. The summed E-state index contributed by atoms with van der Waals surface area (Å²) in [4.78, 5) is 2.44. The summed E-state index contributed by atoms with van der Waals surface area (Å²) in [5.74, 6) is 0. The van der Waals surface area contributed by atoms with Crippen LogP contribution in [0.3, 0.4) is 0 Å². The quantitative estimate of drug-likeness (QED) is 0.590. The fourth-order valence-electron chi connectivity index (χ4n) is 1.92. The highest BCUT2D eigenvalue weighted by Gasteiger charge is 2.22. The molecule has 1 aliphatic heterocycles. The lowest BCUT2D eigenvalue weighted by atomic mass is 10.3. The minimum atomic E-state index is 0.432. The van der Waals surface area contributed by atoms with Gasteiger partial charge in [0.2, 0.25) is 0 Å². The normalized spacial score (nSPS) is 24.0. The number of unbranched alkanes of at least 4 members (excludes halogenated alkanes) is 2. The van der Waals surface area contributed by atoms with Crippen LogP contribution in [0.4, 0.5) is 0 Å². The molecule has 0 spiro atoms. The van der Waals surface area contributed by atoms with Crippen molar-refractivity contribution >= 4 is 0 Å². The maximum absolute atomic E-state index is 5.83. The van der Waals surface area contributed by atoms with Gasteiger partial charge in [0.15, 0.2) is 0 Å². The second-order valence-electron chi connectivity index (χ2n) is 3.80. The minimum absolute atomic E-state index is 0.432. The van der Waals surface area contributed by atoms with Gasteiger partial charge in [-0.05, 0) is 25.8 Å². The number of nitrogens with zero attached hydrogens (tertiary/aromatic N) is 1. The van der Waals surface area contributed by atoms with Gasteiger partial charge in [-0.3, -0.25) is 4.90 Å². The van der Waals surface area contributed by atoms with Crippen molar-refractivity contribution in [1.82, 2.24) is 4.90 Å². The monoisotopic (exact) mass is 185 g/mol. The maximum atomic E-state index is 5.83. The first-order chi connectivity index (χ1) is 6.38. The van der Waals surface area contributed by atoms with E-state index in [0.29, 0.717) is 6.23 Å². The fraction of sp³-hybridized carbons (Fsp3) is 1.00. The summed E-state index contributed by atoms with van der Waals surface area (Å²) in [6.45, 7) is 7.77. The molecule has 0 bridgehead atoms. The van der Waals surface area contributed by atoms with Gasteiger partial charge < -0.3 is 4.74 Å². The molecule has 0 N–H and O–H groups in total. The number of ether oxygens (including phenoxy) is 1. The molecule has 2 heteroatoms. The Balaban J connectivity index is 2.06. The molecule has 0 aliphatic carbocycles. The zero-order chi connectivity index (χ0) is 9.52. The molecule has 1 fully saturated rings. The Labute approximate surface area is 82.3 Å². The van der Waals surface area contributed by atoms with E-state index in [1.54, 1.807) is 0 Å². The highest BCUT2D eigenvalue weighted by atomic mass is 16.5. The Morgan fingerprint density at radius 3 is 2.85 bits per heavy atom. The fourth-order valence-corrected chi connectivity index (χ4v) is 1.92. The molecule has 78 valence electrons. The minimum Gasteiger partial charge on any atom is -0.363 e. The molecule has 1 atom stereocenters. The largest absolute Gasteiger partial charge is 0.363 e. The second kappa shape index (κ2) is 6.39. The summed E-state index contributed by atoms with van der Waals surface area (Å²) in [5.41, 5.74) is 0. The smallest absolute Gasteiger partial charge is 0.110 e. The summed E-state index contributed by atoms with van der Waals surface area (Å²) >= 11 is 0. The van der Waals surface area contributed by atoms with Crippen LogP contribution in [0.25, 0.3) is 0 Å². The van der Waals surface area contributed by atoms with E-state index < -0.39 is 0 Å². The van der Waals surface area contributed by atoms with E-state index >= 15 is 0 Å². The van der Waals surface area contributed by atoms with Crippen LogP contribution in [-0.4, -0.2) is 30.8 Å². The molecule has 0 radical (unpaired) electrons. The van der Waals surface area contributed by atoms with Gasteiger partial charge in [-0.25, -0.2) is 0 Å². The molecule has 1 saturated heterocycles. The average molecular weight is 185 g/mol. The van der Waals surface area contributed by atoms with Gasteiger partial charge in [-0.2, -0.15) is 0 Å². The van der Waals surface area contributed by atoms with Crippen LogP contribution in [0.15, 0.2) is 0 Å². The molecule has 13 heavy (non-hydrogen) atoms. The molecular formula is C11H23NO. The zero-order valence-corrected chi connectivity index (χ0v) is 9.09. The van der Waals surface area contributed by atoms with Crippen molar-refractivity contribution in [2.24, 2.45) is 0 Å². The van der Waals surface area contributed by atoms with Crippen molar-refractivity contribution < 1.29 is 4.74 Å². The number of hydrogen-bond donors (Lipinski definition) is 0. The molecule has 1 unspecified atom stereocenters. The van der Waals surface area contributed by atoms with Gasteiger partial charge >= 0.3 is 0 Å². The van der Waals surface area contributed by atoms with Gasteiger partial charge in [0, 0.05) is 13.2 Å². The van der Waals surface area contributed by atoms with Crippen LogP contribution >= 0.6 is 0 Å². The van der Waals surface area contributed by atoms with E-state index in [9.17, 15) is 0 Å². The second-order valence-corrected chi connectivity index (χ2v) is 3.80. The Morgan fingerprint density at radius 1 is 1.31 bits per heavy atom. The van der Waals surface area contributed by atoms with E-state index in [1.807, 2.05) is 0 Å². The topological polar surface area (TPSA) is 12.5 Å². The van der Waals surface area contributed by atoms with E-state index in [1.165, 1.54) is 38.6 Å². The highest BCUT2D eigenvalue weighted by Crippen LogP contribution is 2.17. The first-order valence-corrected chi connectivity index (χ1v) is 5.74. The summed E-state index contributed by atoms with van der Waals surface area (Å²) in [6, 6.07) is 0. The summed E-state index contributed by atoms with van der Waals surface area (Å²) in [7, 11) is 0. The maximum Gasteiger partial charge on any atom is 0.110 e. The van der Waals surface area contributed by atoms with Crippen molar-refractivity contribution in [3.63, 3.8) is 0 Å². The highest BCUT2D eigenvalue weighted by molar-refractivity contribution is 4.70. The number of rotatable bonds is 6. The number of hydrogen-bond acceptors (Lipinski definition) is 2. The van der Waals surface area contributed by atoms with Gasteiger partial charge in [-0.15, -0.1) is 0 Å². The van der Waals surface area contributed by atoms with E-state index in [4.69, 9.17) is 4.74 Å². The van der Waals surface area contributed by atoms with Crippen LogP contribution < -0.4 is 0 Å². The van der Waals surface area contributed by atoms with Crippen molar-refractivity contribution in [3.8, 4) is 0 Å². The van der Waals surface area contributed by atoms with Gasteiger partial charge in [0.1, 0.15) is 6.23 Å². The molecule has 1 aliphatic rings. The first kappa shape index (κ1) is 11.0. The van der Waals surface area contributed by atoms with Crippen molar-refractivity contribution in [1.29, 1.82) is 0 Å². The first-order valence-electron chi connectivity index (χ1n) is 5.74. The van der Waals surface area contributed by atoms with Crippen molar-refractivity contribution in [3.05, 3.63) is 0 Å². The van der Waals surface area contributed by atoms with Crippen LogP contribution in [-0.2, 0) is 4.74 Å². The van der Waals surface area contributed by atoms with Crippen LogP contribution in [0, 0.1) is 0 Å². The van der Waals surface area contributed by atoms with Crippen molar-refractivity contribution in [2.75, 3.05) is 19.7 Å². The predicted molar refractivity (Wildman–Crippen MR) is 55.7 cm³/mol. The predicted octanol–water partition coefficient (Wildman–Crippen LogP) is 2.64. The zero-order valence-electron chi connectivity index (χ0n) is 9.09. The van der Waals surface area contributed by atoms with E-state index in [2.05, 4.69) is 18.7 Å². The van der Waals surface area contributed by atoms with E-state index in [0.717, 1.165) is 13.2 Å². The van der Waals surface area contributed by atoms with Gasteiger partial charge in [0.25, 0.3) is 0 Å². The molecule has 0 aromatic heterocycles. The lowest BCUT2D eigenvalue weighted by Gasteiger charge is -2.22. The molecule has 0 amide bonds. The third-order valence-electron chi connectivity index (χ3n) is 2.77. The molecular weight excluding hydrogens is 162 g/mol. The SMILES string of the molecule is CCCCCOC1CCCN1CC. The Morgan fingerprint density at radius 2 is 2.15 bits per heavy atom. The van der Waals surface area contributed by atoms with Crippen LogP contribution in [0.5, 0.6) is 0 Å². The van der Waals surface area contributed by atoms with Crippen LogP contribution in [0.2, 0.25) is 0 Å². The molecule has 1 heterocycles. The average Bonchev–Trinajstić information content (AvgIpc) is 2.60. The molecule has 2 nitrogen and oxygen atoms in total. The lowest BCUT2D eigenvalue weighted by molar-refractivity contribution is -0.0341. The lowest BCUT2D eigenvalue weighted by Crippen LogP contribution is -2.31. The third-order valence-corrected chi connectivity index (χ3v) is 2.77. The van der Waals surface area contributed by atoms with Crippen LogP contribution in [0.1, 0.15) is 46.0 Å². The Bertz CT molecular complexity index is 127. The number of likely N-dealkylation sites (tertiary alicyclic amines) is 1. The molecule has 0 aromatic carbocycles. The Kier molecular flexibility index (Phi) is 5.40. The molecule has 0 saturated carbocycles. The summed E-state index contributed by atoms with van der Waals surface area (Å²) < 4.78 is 5.83. The van der Waals surface area contributed by atoms with Gasteiger partial charge in [0.05, 0.1) is 0 Å². The summed E-state index contributed by atoms with van der Waals surface area (Å²) in [6.07, 6.45) is 6.79. The summed E-state index contributed by atoms with van der Waals surface area (Å²) in [5, 5.41) is 0. The van der Waals surface area contributed by atoms with E-state index in [-0.39, 0.29) is 0 Å². The third kappa shape index (κ3) is 3.65. The molecule has 1 rings (SSSR count). The van der Waals surface area contributed by atoms with Crippen molar-refractivity contribution in [2.45, 2.75) is 52.2 Å². The van der Waals surface area contributed by atoms with Gasteiger partial charge in [-0.1, -0.05) is 26.7 Å². The standard InChI is InChI=1S/C11H23NO/c1-3-5-6-10-13-11-8-7-9-12(11)4-2/h11H,3-10H2,1-2H3. The Hall–Kier alpha value is -0.0800.